The smallest absolute Gasteiger partial charge is 0.264 e. The maximum atomic E-state index is 10.8. The molecule has 1 N–H and O–H groups in total. The molecule has 0 atom stereocenters. The standard InChI is InChI=1S/C16H23ClO3S/c1-12(2)11-16(14-6-8-15(17)9-7-14)13(3)5-4-10-21(18,19)20/h6-9,12H,4-5,10-11H2,1-3H3,(H,18,19,20). The van der Waals surface area contributed by atoms with Crippen LogP contribution in [0.4, 0.5) is 0 Å². The summed E-state index contributed by atoms with van der Waals surface area (Å²) in [5.41, 5.74) is 3.52. The van der Waals surface area contributed by atoms with Gasteiger partial charge >= 0.3 is 0 Å². The Hall–Kier alpha value is -0.840. The monoisotopic (exact) mass is 330 g/mol. The summed E-state index contributed by atoms with van der Waals surface area (Å²) in [5, 5.41) is 0.701. The molecular formula is C16H23ClO3S. The third-order valence-corrected chi connectivity index (χ3v) is 4.33. The van der Waals surface area contributed by atoms with Crippen molar-refractivity contribution in [3.05, 3.63) is 40.4 Å². The largest absolute Gasteiger partial charge is 0.286 e. The minimum Gasteiger partial charge on any atom is -0.286 e. The molecule has 0 amide bonds. The van der Waals surface area contributed by atoms with E-state index in [-0.39, 0.29) is 5.75 Å². The van der Waals surface area contributed by atoms with Crippen LogP contribution in [0.2, 0.25) is 5.02 Å². The molecule has 1 aromatic carbocycles. The van der Waals surface area contributed by atoms with Gasteiger partial charge in [0.2, 0.25) is 0 Å². The quantitative estimate of drug-likeness (QED) is 0.729. The lowest BCUT2D eigenvalue weighted by Gasteiger charge is -2.15. The first-order chi connectivity index (χ1) is 9.69. The topological polar surface area (TPSA) is 54.4 Å². The van der Waals surface area contributed by atoms with Crippen LogP contribution in [0, 0.1) is 5.92 Å². The summed E-state index contributed by atoms with van der Waals surface area (Å²) >= 11 is 5.92. The van der Waals surface area contributed by atoms with Crippen LogP contribution in [-0.4, -0.2) is 18.7 Å². The molecule has 21 heavy (non-hydrogen) atoms. The van der Waals surface area contributed by atoms with Crippen molar-refractivity contribution in [2.24, 2.45) is 5.92 Å². The lowest BCUT2D eigenvalue weighted by Crippen LogP contribution is -2.04. The van der Waals surface area contributed by atoms with Gasteiger partial charge in [0, 0.05) is 5.02 Å². The average Bonchev–Trinajstić information content (AvgIpc) is 2.35. The molecule has 0 aliphatic rings. The van der Waals surface area contributed by atoms with Crippen LogP contribution in [0.5, 0.6) is 0 Å². The lowest BCUT2D eigenvalue weighted by molar-refractivity contribution is 0.481. The minimum atomic E-state index is -3.88. The predicted octanol–water partition coefficient (Wildman–Crippen LogP) is 4.83. The van der Waals surface area contributed by atoms with E-state index in [2.05, 4.69) is 13.8 Å². The van der Waals surface area contributed by atoms with Gasteiger partial charge in [0.1, 0.15) is 0 Å². The molecule has 118 valence electrons. The Kier molecular flexibility index (Phi) is 6.91. The van der Waals surface area contributed by atoms with Gasteiger partial charge < -0.3 is 0 Å². The van der Waals surface area contributed by atoms with Crippen LogP contribution in [0.3, 0.4) is 0 Å². The number of hydrogen-bond acceptors (Lipinski definition) is 2. The molecule has 0 saturated carbocycles. The Labute approximate surface area is 132 Å². The van der Waals surface area contributed by atoms with Gasteiger partial charge in [-0.3, -0.25) is 4.55 Å². The Morgan fingerprint density at radius 3 is 2.29 bits per heavy atom. The third kappa shape index (κ3) is 7.11. The molecule has 0 radical (unpaired) electrons. The van der Waals surface area contributed by atoms with Gasteiger partial charge in [0.15, 0.2) is 0 Å². The average molecular weight is 331 g/mol. The third-order valence-electron chi connectivity index (χ3n) is 3.27. The Balaban J connectivity index is 2.94. The summed E-state index contributed by atoms with van der Waals surface area (Å²) in [6, 6.07) is 7.71. The molecule has 0 unspecified atom stereocenters. The van der Waals surface area contributed by atoms with Crippen LogP contribution in [0.1, 0.15) is 45.6 Å². The van der Waals surface area contributed by atoms with Crippen molar-refractivity contribution >= 4 is 27.3 Å². The maximum Gasteiger partial charge on any atom is 0.264 e. The highest BCUT2D eigenvalue weighted by Crippen LogP contribution is 2.29. The van der Waals surface area contributed by atoms with Gasteiger partial charge in [0.05, 0.1) is 5.75 Å². The van der Waals surface area contributed by atoms with E-state index in [4.69, 9.17) is 16.2 Å². The van der Waals surface area contributed by atoms with E-state index in [1.54, 1.807) is 0 Å². The van der Waals surface area contributed by atoms with Gasteiger partial charge in [-0.15, -0.1) is 0 Å². The fourth-order valence-electron chi connectivity index (χ4n) is 2.27. The molecule has 1 rings (SSSR count). The number of halogens is 1. The van der Waals surface area contributed by atoms with Crippen molar-refractivity contribution in [3.63, 3.8) is 0 Å². The zero-order valence-corrected chi connectivity index (χ0v) is 14.3. The van der Waals surface area contributed by atoms with E-state index in [1.807, 2.05) is 31.2 Å². The highest BCUT2D eigenvalue weighted by atomic mass is 35.5. The summed E-state index contributed by atoms with van der Waals surface area (Å²) in [7, 11) is -3.88. The van der Waals surface area contributed by atoms with Gasteiger partial charge in [-0.2, -0.15) is 8.42 Å². The Morgan fingerprint density at radius 2 is 1.81 bits per heavy atom. The van der Waals surface area contributed by atoms with Crippen molar-refractivity contribution in [2.75, 3.05) is 5.75 Å². The second kappa shape index (κ2) is 7.97. The zero-order valence-electron chi connectivity index (χ0n) is 12.8. The normalized spacial score (nSPS) is 13.4. The van der Waals surface area contributed by atoms with E-state index >= 15 is 0 Å². The van der Waals surface area contributed by atoms with E-state index in [1.165, 1.54) is 5.57 Å². The SMILES string of the molecule is CC(CCCS(=O)(=O)O)=C(CC(C)C)c1ccc(Cl)cc1. The summed E-state index contributed by atoms with van der Waals surface area (Å²) in [5.74, 6) is 0.312. The Bertz CT molecular complexity index is 586. The number of rotatable bonds is 7. The molecule has 0 spiro atoms. The van der Waals surface area contributed by atoms with E-state index < -0.39 is 10.1 Å². The molecule has 0 saturated heterocycles. The van der Waals surface area contributed by atoms with Crippen LogP contribution < -0.4 is 0 Å². The second-order valence-corrected chi connectivity index (χ2v) is 7.76. The Morgan fingerprint density at radius 1 is 1.24 bits per heavy atom. The minimum absolute atomic E-state index is 0.195. The molecule has 0 bridgehead atoms. The van der Waals surface area contributed by atoms with Crippen LogP contribution in [0.25, 0.3) is 5.57 Å². The predicted molar refractivity (Wildman–Crippen MR) is 89.2 cm³/mol. The summed E-state index contributed by atoms with van der Waals surface area (Å²) in [6.07, 6.45) is 2.02. The molecule has 0 aromatic heterocycles. The van der Waals surface area contributed by atoms with Crippen molar-refractivity contribution in [1.82, 2.24) is 0 Å². The fraction of sp³-hybridized carbons (Fsp3) is 0.500. The summed E-state index contributed by atoms with van der Waals surface area (Å²) in [6.45, 7) is 6.33. The lowest BCUT2D eigenvalue weighted by atomic mass is 9.91. The van der Waals surface area contributed by atoms with Gasteiger partial charge in [0.25, 0.3) is 10.1 Å². The first-order valence-corrected chi connectivity index (χ1v) is 9.07. The van der Waals surface area contributed by atoms with Crippen LogP contribution in [0.15, 0.2) is 29.8 Å². The first kappa shape index (κ1) is 18.2. The number of hydrogen-bond donors (Lipinski definition) is 1. The van der Waals surface area contributed by atoms with Crippen molar-refractivity contribution in [2.45, 2.75) is 40.0 Å². The molecule has 3 nitrogen and oxygen atoms in total. The van der Waals surface area contributed by atoms with Crippen LogP contribution in [-0.2, 0) is 10.1 Å². The van der Waals surface area contributed by atoms with Gasteiger partial charge in [-0.25, -0.2) is 0 Å². The molecule has 0 heterocycles. The molecule has 0 aliphatic carbocycles. The van der Waals surface area contributed by atoms with Crippen molar-refractivity contribution in [3.8, 4) is 0 Å². The molecule has 5 heteroatoms. The summed E-state index contributed by atoms with van der Waals surface area (Å²) < 4.78 is 30.4. The molecule has 0 aliphatic heterocycles. The first-order valence-electron chi connectivity index (χ1n) is 7.08. The molecule has 1 aromatic rings. The van der Waals surface area contributed by atoms with Crippen LogP contribution >= 0.6 is 11.6 Å². The van der Waals surface area contributed by atoms with E-state index in [9.17, 15) is 8.42 Å². The van der Waals surface area contributed by atoms with E-state index in [0.717, 1.165) is 17.6 Å². The van der Waals surface area contributed by atoms with E-state index in [0.29, 0.717) is 23.8 Å². The second-order valence-electron chi connectivity index (χ2n) is 5.75. The summed E-state index contributed by atoms with van der Waals surface area (Å²) in [4.78, 5) is 0. The number of benzene rings is 1. The van der Waals surface area contributed by atoms with Crippen molar-refractivity contribution < 1.29 is 13.0 Å². The molecule has 0 fully saturated rings. The van der Waals surface area contributed by atoms with Gasteiger partial charge in [-0.05, 0) is 55.4 Å². The highest BCUT2D eigenvalue weighted by Gasteiger charge is 2.10. The molecular weight excluding hydrogens is 308 g/mol. The van der Waals surface area contributed by atoms with Gasteiger partial charge in [-0.1, -0.05) is 43.2 Å². The number of allylic oxidation sites excluding steroid dienone is 2. The fourth-order valence-corrected chi connectivity index (χ4v) is 2.90. The maximum absolute atomic E-state index is 10.8. The highest BCUT2D eigenvalue weighted by molar-refractivity contribution is 7.85. The zero-order chi connectivity index (χ0) is 16.0. The van der Waals surface area contributed by atoms with Crippen molar-refractivity contribution in [1.29, 1.82) is 0 Å².